The first-order valence-corrected chi connectivity index (χ1v) is 9.75. The summed E-state index contributed by atoms with van der Waals surface area (Å²) < 4.78 is 22.1. The Balaban J connectivity index is 1.38. The predicted octanol–water partition coefficient (Wildman–Crippen LogP) is 2.22. The van der Waals surface area contributed by atoms with Gasteiger partial charge in [0.2, 0.25) is 11.8 Å². The van der Waals surface area contributed by atoms with Crippen LogP contribution in [0.2, 0.25) is 0 Å². The second-order valence-corrected chi connectivity index (χ2v) is 7.76. The van der Waals surface area contributed by atoms with Crippen LogP contribution in [0, 0.1) is 11.8 Å². The van der Waals surface area contributed by atoms with E-state index in [1.54, 1.807) is 49.6 Å². The summed E-state index contributed by atoms with van der Waals surface area (Å²) in [4.78, 5) is 28.1. The number of carbonyl (C=O) groups excluding carboxylic acids is 2. The zero-order valence-electron chi connectivity index (χ0n) is 16.7. The highest BCUT2D eigenvalue weighted by Crippen LogP contribution is 2.52. The molecular weight excluding hydrogens is 388 g/mol. The molecule has 30 heavy (non-hydrogen) atoms. The highest BCUT2D eigenvalue weighted by atomic mass is 16.5. The Morgan fingerprint density at radius 3 is 2.70 bits per heavy atom. The Bertz CT molecular complexity index is 994. The average Bonchev–Trinajstić information content (AvgIpc) is 3.51. The van der Waals surface area contributed by atoms with Gasteiger partial charge >= 0.3 is 0 Å². The number of nitrogens with one attached hydrogen (secondary N) is 1. The van der Waals surface area contributed by atoms with Crippen LogP contribution in [0.25, 0.3) is 0 Å². The molecule has 4 atom stereocenters. The molecule has 2 amide bonds. The van der Waals surface area contributed by atoms with Crippen LogP contribution in [-0.4, -0.2) is 49.2 Å². The lowest BCUT2D eigenvalue weighted by atomic mass is 9.77. The van der Waals surface area contributed by atoms with E-state index < -0.39 is 23.5 Å². The van der Waals surface area contributed by atoms with Crippen molar-refractivity contribution < 1.29 is 28.2 Å². The number of rotatable bonds is 6. The first-order valence-electron chi connectivity index (χ1n) is 9.75. The Labute approximate surface area is 173 Å². The number of likely N-dealkylation sites (tertiary alicyclic amines) is 1. The van der Waals surface area contributed by atoms with Gasteiger partial charge in [-0.25, -0.2) is 0 Å². The summed E-state index contributed by atoms with van der Waals surface area (Å²) in [6.07, 6.45) is 4.98. The van der Waals surface area contributed by atoms with E-state index >= 15 is 0 Å². The standard InChI is InChI=1S/C22H22N2O6/c1-27-15-8-13(9-16(10-15)28-2)23-20(25)18-17-5-6-22(30-17)12-24(21(26)19(18)22)11-14-4-3-7-29-14/h3-10,17-19H,11-12H2,1-2H3,(H,23,25). The summed E-state index contributed by atoms with van der Waals surface area (Å²) in [5, 5.41) is 2.91. The van der Waals surface area contributed by atoms with Crippen molar-refractivity contribution in [3.63, 3.8) is 0 Å². The van der Waals surface area contributed by atoms with Crippen LogP contribution < -0.4 is 14.8 Å². The van der Waals surface area contributed by atoms with E-state index in [-0.39, 0.29) is 11.8 Å². The van der Waals surface area contributed by atoms with Gasteiger partial charge in [0.15, 0.2) is 0 Å². The molecule has 2 bridgehead atoms. The molecule has 5 rings (SSSR count). The van der Waals surface area contributed by atoms with Crippen LogP contribution >= 0.6 is 0 Å². The average molecular weight is 410 g/mol. The van der Waals surface area contributed by atoms with Gasteiger partial charge < -0.3 is 28.8 Å². The molecule has 8 heteroatoms. The molecule has 0 aliphatic carbocycles. The fourth-order valence-corrected chi connectivity index (χ4v) is 4.71. The van der Waals surface area contributed by atoms with Crippen LogP contribution in [0.3, 0.4) is 0 Å². The molecule has 3 aliphatic rings. The minimum Gasteiger partial charge on any atom is -0.497 e. The number of hydrogen-bond acceptors (Lipinski definition) is 6. The zero-order chi connectivity index (χ0) is 20.9. The molecule has 4 heterocycles. The number of hydrogen-bond donors (Lipinski definition) is 1. The molecule has 4 unspecified atom stereocenters. The fourth-order valence-electron chi connectivity index (χ4n) is 4.71. The SMILES string of the molecule is COc1cc(NC(=O)C2C3C=CC4(CN(Cc5ccco5)C(=O)C24)O3)cc(OC)c1. The van der Waals surface area contributed by atoms with E-state index in [0.717, 1.165) is 0 Å². The summed E-state index contributed by atoms with van der Waals surface area (Å²) in [5.74, 6) is 0.291. The molecule has 3 aliphatic heterocycles. The van der Waals surface area contributed by atoms with Crippen molar-refractivity contribution in [2.45, 2.75) is 18.2 Å². The quantitative estimate of drug-likeness (QED) is 0.735. The van der Waals surface area contributed by atoms with E-state index in [0.29, 0.717) is 36.0 Å². The second kappa shape index (κ2) is 6.91. The van der Waals surface area contributed by atoms with E-state index in [1.165, 1.54) is 0 Å². The van der Waals surface area contributed by atoms with Crippen molar-refractivity contribution in [3.05, 3.63) is 54.5 Å². The number of methoxy groups -OCH3 is 2. The second-order valence-electron chi connectivity index (χ2n) is 7.76. The van der Waals surface area contributed by atoms with Gasteiger partial charge in [-0.05, 0) is 12.1 Å². The van der Waals surface area contributed by atoms with Gasteiger partial charge in [0.05, 0.1) is 51.5 Å². The highest BCUT2D eigenvalue weighted by molar-refractivity contribution is 5.99. The minimum atomic E-state index is -0.761. The fraction of sp³-hybridized carbons (Fsp3) is 0.364. The van der Waals surface area contributed by atoms with Crippen molar-refractivity contribution in [1.29, 1.82) is 0 Å². The van der Waals surface area contributed by atoms with E-state index in [2.05, 4.69) is 5.32 Å². The number of benzene rings is 1. The monoisotopic (exact) mass is 410 g/mol. The third-order valence-corrected chi connectivity index (χ3v) is 6.03. The van der Waals surface area contributed by atoms with E-state index in [1.807, 2.05) is 18.2 Å². The third-order valence-electron chi connectivity index (χ3n) is 6.03. The van der Waals surface area contributed by atoms with Crippen LogP contribution in [0.1, 0.15) is 5.76 Å². The highest BCUT2D eigenvalue weighted by Gasteiger charge is 2.66. The number of ether oxygens (including phenoxy) is 3. The van der Waals surface area contributed by atoms with Gasteiger partial charge in [0.1, 0.15) is 22.9 Å². The van der Waals surface area contributed by atoms with E-state index in [4.69, 9.17) is 18.6 Å². The van der Waals surface area contributed by atoms with Crippen LogP contribution in [-0.2, 0) is 20.9 Å². The van der Waals surface area contributed by atoms with Crippen molar-refractivity contribution in [3.8, 4) is 11.5 Å². The summed E-state index contributed by atoms with van der Waals surface area (Å²) in [6.45, 7) is 0.758. The summed E-state index contributed by atoms with van der Waals surface area (Å²) in [7, 11) is 3.09. The molecule has 156 valence electrons. The molecule has 0 radical (unpaired) electrons. The largest absolute Gasteiger partial charge is 0.497 e. The number of furan rings is 1. The van der Waals surface area contributed by atoms with Gasteiger partial charge in [-0.1, -0.05) is 12.2 Å². The summed E-state index contributed by atoms with van der Waals surface area (Å²) >= 11 is 0. The Morgan fingerprint density at radius 2 is 2.03 bits per heavy atom. The van der Waals surface area contributed by atoms with Crippen LogP contribution in [0.4, 0.5) is 5.69 Å². The lowest BCUT2D eigenvalue weighted by Crippen LogP contribution is -2.41. The molecule has 1 aromatic heterocycles. The molecule has 1 spiro atoms. The minimum absolute atomic E-state index is 0.0957. The number of carbonyl (C=O) groups is 2. The number of fused-ring (bicyclic) bond motifs is 1. The molecular formula is C22H22N2O6. The van der Waals surface area contributed by atoms with Gasteiger partial charge in [-0.2, -0.15) is 0 Å². The first kappa shape index (κ1) is 18.7. The molecule has 1 aromatic carbocycles. The maximum atomic E-state index is 13.2. The number of anilines is 1. The Morgan fingerprint density at radius 1 is 1.27 bits per heavy atom. The van der Waals surface area contributed by atoms with Gasteiger partial charge in [0.25, 0.3) is 0 Å². The number of nitrogens with zero attached hydrogens (tertiary/aromatic N) is 1. The van der Waals surface area contributed by atoms with Crippen molar-refractivity contribution in [2.24, 2.45) is 11.8 Å². The summed E-state index contributed by atoms with van der Waals surface area (Å²) in [5.41, 5.74) is -0.225. The molecule has 2 fully saturated rings. The smallest absolute Gasteiger partial charge is 0.231 e. The Kier molecular flexibility index (Phi) is 4.32. The van der Waals surface area contributed by atoms with Crippen molar-refractivity contribution in [2.75, 3.05) is 26.1 Å². The van der Waals surface area contributed by atoms with Gasteiger partial charge in [-0.3, -0.25) is 9.59 Å². The van der Waals surface area contributed by atoms with E-state index in [9.17, 15) is 9.59 Å². The van der Waals surface area contributed by atoms with Gasteiger partial charge in [0, 0.05) is 23.9 Å². The molecule has 1 N–H and O–H groups in total. The normalized spacial score (nSPS) is 28.7. The van der Waals surface area contributed by atoms with Crippen LogP contribution in [0.5, 0.6) is 11.5 Å². The Hall–Kier alpha value is -3.26. The van der Waals surface area contributed by atoms with Gasteiger partial charge in [-0.15, -0.1) is 0 Å². The zero-order valence-corrected chi connectivity index (χ0v) is 16.7. The third kappa shape index (κ3) is 2.87. The lowest BCUT2D eigenvalue weighted by molar-refractivity contribution is -0.136. The van der Waals surface area contributed by atoms with Crippen molar-refractivity contribution >= 4 is 17.5 Å². The lowest BCUT2D eigenvalue weighted by Gasteiger charge is -2.23. The maximum absolute atomic E-state index is 13.2. The molecule has 0 saturated carbocycles. The molecule has 2 aromatic rings. The van der Waals surface area contributed by atoms with Crippen molar-refractivity contribution in [1.82, 2.24) is 4.90 Å². The number of amides is 2. The first-order chi connectivity index (χ1) is 14.5. The topological polar surface area (TPSA) is 90.2 Å². The molecule has 2 saturated heterocycles. The predicted molar refractivity (Wildman–Crippen MR) is 106 cm³/mol. The molecule has 8 nitrogen and oxygen atoms in total. The summed E-state index contributed by atoms with van der Waals surface area (Å²) in [6, 6.07) is 8.75. The maximum Gasteiger partial charge on any atom is 0.231 e. The van der Waals surface area contributed by atoms with Crippen LogP contribution in [0.15, 0.2) is 53.2 Å².